The van der Waals surface area contributed by atoms with Crippen LogP contribution in [0.3, 0.4) is 0 Å². The van der Waals surface area contributed by atoms with Crippen molar-refractivity contribution in [1.29, 1.82) is 0 Å². The van der Waals surface area contributed by atoms with Crippen LogP contribution in [-0.2, 0) is 0 Å². The third-order valence-electron chi connectivity index (χ3n) is 4.96. The van der Waals surface area contributed by atoms with Crippen LogP contribution in [0.25, 0.3) is 0 Å². The molecule has 0 saturated heterocycles. The minimum atomic E-state index is 0.438. The summed E-state index contributed by atoms with van der Waals surface area (Å²) in [5, 5.41) is 3.82. The van der Waals surface area contributed by atoms with E-state index in [0.29, 0.717) is 5.54 Å². The molecule has 0 aromatic carbocycles. The van der Waals surface area contributed by atoms with Gasteiger partial charge in [-0.15, -0.1) is 0 Å². The van der Waals surface area contributed by atoms with Gasteiger partial charge in [0.1, 0.15) is 0 Å². The highest BCUT2D eigenvalue weighted by Crippen LogP contribution is 2.44. The van der Waals surface area contributed by atoms with Gasteiger partial charge in [-0.3, -0.25) is 0 Å². The molecular formula is C15H30N2. The van der Waals surface area contributed by atoms with Gasteiger partial charge in [-0.25, -0.2) is 0 Å². The van der Waals surface area contributed by atoms with Crippen molar-refractivity contribution in [3.8, 4) is 0 Å². The maximum Gasteiger partial charge on any atom is 0.0359 e. The molecule has 1 atom stereocenters. The van der Waals surface area contributed by atoms with E-state index in [1.807, 2.05) is 0 Å². The average molecular weight is 238 g/mol. The molecule has 17 heavy (non-hydrogen) atoms. The van der Waals surface area contributed by atoms with Crippen molar-refractivity contribution in [3.63, 3.8) is 0 Å². The molecule has 2 nitrogen and oxygen atoms in total. The Morgan fingerprint density at radius 3 is 2.12 bits per heavy atom. The molecule has 0 aliphatic heterocycles. The Labute approximate surface area is 107 Å². The summed E-state index contributed by atoms with van der Waals surface area (Å²) in [6.45, 7) is 3.38. The first kappa shape index (κ1) is 13.4. The van der Waals surface area contributed by atoms with Crippen molar-refractivity contribution in [2.45, 2.75) is 69.9 Å². The lowest BCUT2D eigenvalue weighted by Gasteiger charge is -2.46. The van der Waals surface area contributed by atoms with Crippen molar-refractivity contribution in [2.75, 3.05) is 20.6 Å². The standard InChI is InChI=1S/C15H30N2/c1-4-16-14(13-9-10-13)15(17(2)3)11-7-5-6-8-12-15/h13-14,16H,4-12H2,1-3H3. The number of hydrogen-bond acceptors (Lipinski definition) is 2. The molecule has 0 amide bonds. The molecule has 1 N–H and O–H groups in total. The monoisotopic (exact) mass is 238 g/mol. The Morgan fingerprint density at radius 1 is 1.12 bits per heavy atom. The summed E-state index contributed by atoms with van der Waals surface area (Å²) in [6.07, 6.45) is 11.4. The summed E-state index contributed by atoms with van der Waals surface area (Å²) in [5.41, 5.74) is 0.438. The van der Waals surface area contributed by atoms with Gasteiger partial charge < -0.3 is 10.2 Å². The van der Waals surface area contributed by atoms with Gasteiger partial charge in [0.05, 0.1) is 0 Å². The molecule has 1 unspecified atom stereocenters. The molecule has 2 aliphatic carbocycles. The molecule has 2 aliphatic rings. The number of nitrogens with zero attached hydrogens (tertiary/aromatic N) is 1. The van der Waals surface area contributed by atoms with Crippen molar-refractivity contribution in [2.24, 2.45) is 5.92 Å². The van der Waals surface area contributed by atoms with E-state index in [0.717, 1.165) is 18.5 Å². The van der Waals surface area contributed by atoms with Crippen LogP contribution in [0.1, 0.15) is 58.3 Å². The van der Waals surface area contributed by atoms with Crippen LogP contribution >= 0.6 is 0 Å². The first-order chi connectivity index (χ1) is 8.20. The Kier molecular flexibility index (Phi) is 4.48. The fraction of sp³-hybridized carbons (Fsp3) is 1.00. The smallest absolute Gasteiger partial charge is 0.0359 e. The lowest BCUT2D eigenvalue weighted by Crippen LogP contribution is -2.59. The zero-order valence-electron chi connectivity index (χ0n) is 12.0. The van der Waals surface area contributed by atoms with Crippen LogP contribution in [0, 0.1) is 5.92 Å². The Morgan fingerprint density at radius 2 is 1.71 bits per heavy atom. The van der Waals surface area contributed by atoms with Crippen LogP contribution in [-0.4, -0.2) is 37.1 Å². The topological polar surface area (TPSA) is 15.3 Å². The predicted molar refractivity (Wildman–Crippen MR) is 74.3 cm³/mol. The molecular weight excluding hydrogens is 208 g/mol. The normalized spacial score (nSPS) is 26.8. The fourth-order valence-corrected chi connectivity index (χ4v) is 3.82. The van der Waals surface area contributed by atoms with Crippen molar-refractivity contribution in [3.05, 3.63) is 0 Å². The summed E-state index contributed by atoms with van der Waals surface area (Å²) >= 11 is 0. The first-order valence-electron chi connectivity index (χ1n) is 7.61. The molecule has 0 aromatic rings. The van der Waals surface area contributed by atoms with Gasteiger partial charge in [0, 0.05) is 11.6 Å². The summed E-state index contributed by atoms with van der Waals surface area (Å²) in [6, 6.07) is 0.737. The maximum absolute atomic E-state index is 3.82. The summed E-state index contributed by atoms with van der Waals surface area (Å²) in [4.78, 5) is 2.55. The van der Waals surface area contributed by atoms with Crippen LogP contribution in [0.4, 0.5) is 0 Å². The van der Waals surface area contributed by atoms with Crippen molar-refractivity contribution in [1.82, 2.24) is 10.2 Å². The predicted octanol–water partition coefficient (Wildman–Crippen LogP) is 3.03. The number of rotatable bonds is 5. The van der Waals surface area contributed by atoms with E-state index in [2.05, 4.69) is 31.2 Å². The Balaban J connectivity index is 2.16. The molecule has 2 heteroatoms. The van der Waals surface area contributed by atoms with Gasteiger partial charge in [0.2, 0.25) is 0 Å². The third kappa shape index (κ3) is 2.85. The highest BCUT2D eigenvalue weighted by atomic mass is 15.2. The van der Waals surface area contributed by atoms with E-state index in [1.54, 1.807) is 0 Å². The largest absolute Gasteiger partial charge is 0.312 e. The second-order valence-electron chi connectivity index (χ2n) is 6.28. The number of likely N-dealkylation sites (N-methyl/N-ethyl adjacent to an activating group) is 2. The molecule has 0 heterocycles. The Bertz CT molecular complexity index is 225. The van der Waals surface area contributed by atoms with E-state index in [1.165, 1.54) is 51.4 Å². The molecule has 0 bridgehead atoms. The van der Waals surface area contributed by atoms with E-state index >= 15 is 0 Å². The lowest BCUT2D eigenvalue weighted by atomic mass is 9.79. The van der Waals surface area contributed by atoms with E-state index in [4.69, 9.17) is 0 Å². The molecule has 0 spiro atoms. The molecule has 100 valence electrons. The van der Waals surface area contributed by atoms with E-state index < -0.39 is 0 Å². The van der Waals surface area contributed by atoms with Gasteiger partial charge >= 0.3 is 0 Å². The zero-order valence-corrected chi connectivity index (χ0v) is 12.0. The Hall–Kier alpha value is -0.0800. The van der Waals surface area contributed by atoms with Crippen LogP contribution < -0.4 is 5.32 Å². The fourth-order valence-electron chi connectivity index (χ4n) is 3.82. The summed E-state index contributed by atoms with van der Waals surface area (Å²) < 4.78 is 0. The molecule has 0 radical (unpaired) electrons. The van der Waals surface area contributed by atoms with Crippen molar-refractivity contribution < 1.29 is 0 Å². The first-order valence-corrected chi connectivity index (χ1v) is 7.61. The molecule has 2 fully saturated rings. The van der Waals surface area contributed by atoms with Gasteiger partial charge in [-0.1, -0.05) is 32.6 Å². The van der Waals surface area contributed by atoms with Gasteiger partial charge in [-0.2, -0.15) is 0 Å². The third-order valence-corrected chi connectivity index (χ3v) is 4.96. The molecule has 0 aromatic heterocycles. The summed E-state index contributed by atoms with van der Waals surface area (Å²) in [5.74, 6) is 0.954. The average Bonchev–Trinajstić information content (AvgIpc) is 3.13. The van der Waals surface area contributed by atoms with Crippen LogP contribution in [0.2, 0.25) is 0 Å². The number of hydrogen-bond donors (Lipinski definition) is 1. The summed E-state index contributed by atoms with van der Waals surface area (Å²) in [7, 11) is 4.61. The van der Waals surface area contributed by atoms with Crippen LogP contribution in [0.15, 0.2) is 0 Å². The SMILES string of the molecule is CCNC(C1CC1)C1(N(C)C)CCCCCC1. The quantitative estimate of drug-likeness (QED) is 0.741. The lowest BCUT2D eigenvalue weighted by molar-refractivity contribution is 0.0711. The van der Waals surface area contributed by atoms with E-state index in [9.17, 15) is 0 Å². The highest BCUT2D eigenvalue weighted by molar-refractivity contribution is 5.05. The van der Waals surface area contributed by atoms with Gasteiger partial charge in [0.25, 0.3) is 0 Å². The van der Waals surface area contributed by atoms with Gasteiger partial charge in [-0.05, 0) is 52.2 Å². The molecule has 2 saturated carbocycles. The van der Waals surface area contributed by atoms with Crippen molar-refractivity contribution >= 4 is 0 Å². The second-order valence-corrected chi connectivity index (χ2v) is 6.28. The minimum absolute atomic E-state index is 0.438. The maximum atomic E-state index is 3.82. The van der Waals surface area contributed by atoms with Gasteiger partial charge in [0.15, 0.2) is 0 Å². The van der Waals surface area contributed by atoms with E-state index in [-0.39, 0.29) is 0 Å². The highest BCUT2D eigenvalue weighted by Gasteiger charge is 2.47. The second kappa shape index (κ2) is 5.71. The minimum Gasteiger partial charge on any atom is -0.312 e. The van der Waals surface area contributed by atoms with Crippen LogP contribution in [0.5, 0.6) is 0 Å². The number of nitrogens with one attached hydrogen (secondary N) is 1. The molecule has 2 rings (SSSR count). The zero-order chi connectivity index (χ0) is 12.3.